The van der Waals surface area contributed by atoms with Crippen LogP contribution < -0.4 is 0 Å². The normalized spacial score (nSPS) is 23.4. The van der Waals surface area contributed by atoms with E-state index in [0.717, 1.165) is 44.1 Å². The van der Waals surface area contributed by atoms with Gasteiger partial charge in [-0.25, -0.2) is 9.59 Å². The predicted octanol–water partition coefficient (Wildman–Crippen LogP) is 3.07. The summed E-state index contributed by atoms with van der Waals surface area (Å²) >= 11 is 0. The number of hydrogen-bond acceptors (Lipinski definition) is 4. The molecule has 0 N–H and O–H groups in total. The van der Waals surface area contributed by atoms with Crippen LogP contribution in [0.1, 0.15) is 52.4 Å². The Hall–Kier alpha value is -1.58. The molecule has 1 saturated carbocycles. The van der Waals surface area contributed by atoms with Gasteiger partial charge in [0.1, 0.15) is 5.60 Å². The van der Waals surface area contributed by atoms with Gasteiger partial charge in [-0.3, -0.25) is 0 Å². The summed E-state index contributed by atoms with van der Waals surface area (Å²) in [5.74, 6) is -0.896. The molecule has 1 fully saturated rings. The van der Waals surface area contributed by atoms with E-state index < -0.39 is 11.6 Å². The lowest BCUT2D eigenvalue weighted by Gasteiger charge is -2.38. The van der Waals surface area contributed by atoms with Crippen LogP contribution in [0.5, 0.6) is 0 Å². The highest BCUT2D eigenvalue weighted by Crippen LogP contribution is 2.47. The van der Waals surface area contributed by atoms with Crippen LogP contribution in [0.4, 0.5) is 0 Å². The summed E-state index contributed by atoms with van der Waals surface area (Å²) in [6.07, 6.45) is 6.80. The third-order valence-corrected chi connectivity index (χ3v) is 4.33. The summed E-state index contributed by atoms with van der Waals surface area (Å²) in [5.41, 5.74) is 2.11. The van der Waals surface area contributed by atoms with Crippen molar-refractivity contribution in [2.24, 2.45) is 0 Å². The van der Waals surface area contributed by atoms with Crippen molar-refractivity contribution in [1.82, 2.24) is 0 Å². The van der Waals surface area contributed by atoms with Gasteiger partial charge in [-0.1, -0.05) is 13.8 Å². The molecule has 2 aliphatic rings. The van der Waals surface area contributed by atoms with Gasteiger partial charge in [-0.2, -0.15) is 0 Å². The highest BCUT2D eigenvalue weighted by atomic mass is 16.6. The van der Waals surface area contributed by atoms with E-state index in [1.165, 1.54) is 18.8 Å². The topological polar surface area (TPSA) is 52.6 Å². The molecule has 0 aromatic carbocycles. The van der Waals surface area contributed by atoms with Gasteiger partial charge >= 0.3 is 11.9 Å². The molecule has 0 radical (unpaired) electrons. The first-order valence-corrected chi connectivity index (χ1v) is 7.33. The molecule has 1 spiro atoms. The highest BCUT2D eigenvalue weighted by molar-refractivity contribution is 6.01. The minimum atomic E-state index is -0.513. The van der Waals surface area contributed by atoms with Crippen LogP contribution in [-0.2, 0) is 19.1 Å². The number of rotatable bonds is 3. The van der Waals surface area contributed by atoms with Gasteiger partial charge in [0.25, 0.3) is 0 Å². The van der Waals surface area contributed by atoms with Gasteiger partial charge in [0, 0.05) is 6.08 Å². The van der Waals surface area contributed by atoms with Crippen LogP contribution in [0.3, 0.4) is 0 Å². The van der Waals surface area contributed by atoms with Crippen LogP contribution in [0.2, 0.25) is 0 Å². The van der Waals surface area contributed by atoms with E-state index in [0.29, 0.717) is 5.57 Å². The van der Waals surface area contributed by atoms with E-state index in [2.05, 4.69) is 11.7 Å². The van der Waals surface area contributed by atoms with E-state index >= 15 is 0 Å². The summed E-state index contributed by atoms with van der Waals surface area (Å²) in [5, 5.41) is 0. The standard InChI is InChI=1S/C16H22O4/c1-4-11-12(10-14(17)19-3)15(18)20-16(13(11)5-2)8-6-7-9-16/h10H,4-9H2,1-3H3/b12-10-. The van der Waals surface area contributed by atoms with Crippen LogP contribution in [0.15, 0.2) is 22.8 Å². The Morgan fingerprint density at radius 1 is 1.30 bits per heavy atom. The van der Waals surface area contributed by atoms with Crippen molar-refractivity contribution < 1.29 is 19.1 Å². The smallest absolute Gasteiger partial charge is 0.339 e. The van der Waals surface area contributed by atoms with Gasteiger partial charge in [-0.15, -0.1) is 0 Å². The fraction of sp³-hybridized carbons (Fsp3) is 0.625. The van der Waals surface area contributed by atoms with E-state index in [4.69, 9.17) is 4.74 Å². The second kappa shape index (κ2) is 5.81. The first kappa shape index (κ1) is 14.8. The maximum absolute atomic E-state index is 12.3. The predicted molar refractivity (Wildman–Crippen MR) is 75.0 cm³/mol. The fourth-order valence-electron chi connectivity index (χ4n) is 3.47. The molecule has 110 valence electrons. The zero-order chi connectivity index (χ0) is 14.8. The average Bonchev–Trinajstić information content (AvgIpc) is 2.90. The minimum absolute atomic E-state index is 0.369. The van der Waals surface area contributed by atoms with Crippen molar-refractivity contribution in [1.29, 1.82) is 0 Å². The summed E-state index contributed by atoms with van der Waals surface area (Å²) in [6.45, 7) is 4.09. The van der Waals surface area contributed by atoms with Gasteiger partial charge in [0.05, 0.1) is 12.7 Å². The number of ether oxygens (including phenoxy) is 2. The maximum atomic E-state index is 12.3. The van der Waals surface area contributed by atoms with E-state index in [1.807, 2.05) is 6.92 Å². The van der Waals surface area contributed by atoms with E-state index in [1.54, 1.807) is 0 Å². The maximum Gasteiger partial charge on any atom is 0.339 e. The van der Waals surface area contributed by atoms with Crippen LogP contribution in [0.25, 0.3) is 0 Å². The molecule has 0 bridgehead atoms. The van der Waals surface area contributed by atoms with E-state index in [-0.39, 0.29) is 5.97 Å². The van der Waals surface area contributed by atoms with Crippen LogP contribution >= 0.6 is 0 Å². The van der Waals surface area contributed by atoms with Gasteiger partial charge in [0.2, 0.25) is 0 Å². The number of carbonyl (C=O) groups is 2. The lowest BCUT2D eigenvalue weighted by molar-refractivity contribution is -0.152. The fourth-order valence-corrected chi connectivity index (χ4v) is 3.47. The van der Waals surface area contributed by atoms with Crippen molar-refractivity contribution in [2.45, 2.75) is 58.0 Å². The molecule has 4 nitrogen and oxygen atoms in total. The van der Waals surface area contributed by atoms with Gasteiger partial charge in [-0.05, 0) is 49.7 Å². The SMILES string of the molecule is CCC1=C(CC)C2(CCCC2)OC(=O)/C1=C\C(=O)OC. The van der Waals surface area contributed by atoms with Crippen molar-refractivity contribution in [3.8, 4) is 0 Å². The molecule has 1 aliphatic heterocycles. The van der Waals surface area contributed by atoms with Crippen molar-refractivity contribution in [3.63, 3.8) is 0 Å². The van der Waals surface area contributed by atoms with E-state index in [9.17, 15) is 9.59 Å². The number of hydrogen-bond donors (Lipinski definition) is 0. The molecule has 0 aromatic heterocycles. The Morgan fingerprint density at radius 2 is 1.95 bits per heavy atom. The molecule has 2 rings (SSSR count). The monoisotopic (exact) mass is 278 g/mol. The number of esters is 2. The molecule has 0 atom stereocenters. The van der Waals surface area contributed by atoms with Crippen molar-refractivity contribution >= 4 is 11.9 Å². The molecule has 1 aliphatic carbocycles. The molecular weight excluding hydrogens is 256 g/mol. The first-order valence-electron chi connectivity index (χ1n) is 7.33. The lowest BCUT2D eigenvalue weighted by atomic mass is 9.80. The Morgan fingerprint density at radius 3 is 2.45 bits per heavy atom. The lowest BCUT2D eigenvalue weighted by Crippen LogP contribution is -2.40. The third kappa shape index (κ3) is 2.39. The molecular formula is C16H22O4. The average molecular weight is 278 g/mol. The zero-order valence-corrected chi connectivity index (χ0v) is 12.5. The largest absolute Gasteiger partial charge is 0.466 e. The Labute approximate surface area is 119 Å². The summed E-state index contributed by atoms with van der Waals surface area (Å²) in [6, 6.07) is 0. The zero-order valence-electron chi connectivity index (χ0n) is 12.5. The molecule has 1 heterocycles. The second-order valence-corrected chi connectivity index (χ2v) is 5.34. The number of methoxy groups -OCH3 is 1. The molecule has 0 unspecified atom stereocenters. The van der Waals surface area contributed by atoms with Crippen molar-refractivity contribution in [3.05, 3.63) is 22.8 Å². The Bertz CT molecular complexity index is 479. The van der Waals surface area contributed by atoms with Crippen LogP contribution in [0, 0.1) is 0 Å². The second-order valence-electron chi connectivity index (χ2n) is 5.34. The highest BCUT2D eigenvalue weighted by Gasteiger charge is 2.46. The quantitative estimate of drug-likeness (QED) is 0.588. The first-order chi connectivity index (χ1) is 9.57. The Balaban J connectivity index is 2.53. The molecule has 20 heavy (non-hydrogen) atoms. The minimum Gasteiger partial charge on any atom is -0.466 e. The van der Waals surface area contributed by atoms with Crippen molar-refractivity contribution in [2.75, 3.05) is 7.11 Å². The summed E-state index contributed by atoms with van der Waals surface area (Å²) < 4.78 is 10.4. The summed E-state index contributed by atoms with van der Waals surface area (Å²) in [4.78, 5) is 23.8. The van der Waals surface area contributed by atoms with Crippen LogP contribution in [-0.4, -0.2) is 24.6 Å². The van der Waals surface area contributed by atoms with Gasteiger partial charge in [0.15, 0.2) is 0 Å². The third-order valence-electron chi connectivity index (χ3n) is 4.33. The molecule has 4 heteroatoms. The Kier molecular flexibility index (Phi) is 4.31. The molecule has 0 saturated heterocycles. The summed E-state index contributed by atoms with van der Waals surface area (Å²) in [7, 11) is 1.31. The number of carbonyl (C=O) groups excluding carboxylic acids is 2. The van der Waals surface area contributed by atoms with Gasteiger partial charge < -0.3 is 9.47 Å². The molecule has 0 aromatic rings. The molecule has 0 amide bonds.